The van der Waals surface area contributed by atoms with Crippen molar-refractivity contribution >= 4 is 5.91 Å². The SMILES string of the molecule is Cc1ccc(CC(C)(C)NC(=O)c2cc(-c3ccn(C)n3)on2)cc1. The number of carbonyl (C=O) groups excluding carboxylic acids is 1. The maximum Gasteiger partial charge on any atom is 0.273 e. The molecule has 0 atom stereocenters. The van der Waals surface area contributed by atoms with Crippen molar-refractivity contribution in [3.63, 3.8) is 0 Å². The minimum atomic E-state index is -0.406. The molecule has 2 aromatic heterocycles. The van der Waals surface area contributed by atoms with Crippen LogP contribution in [0.5, 0.6) is 0 Å². The first-order valence-electron chi connectivity index (χ1n) is 8.17. The molecular formula is C19H22N4O2. The van der Waals surface area contributed by atoms with Crippen molar-refractivity contribution in [3.05, 3.63) is 59.4 Å². The van der Waals surface area contributed by atoms with Gasteiger partial charge in [-0.15, -0.1) is 0 Å². The molecule has 3 aromatic rings. The number of aromatic nitrogens is 3. The molecule has 0 aliphatic carbocycles. The molecule has 0 radical (unpaired) electrons. The summed E-state index contributed by atoms with van der Waals surface area (Å²) >= 11 is 0. The van der Waals surface area contributed by atoms with E-state index in [1.165, 1.54) is 11.1 Å². The molecule has 25 heavy (non-hydrogen) atoms. The third-order valence-corrected chi connectivity index (χ3v) is 3.93. The first-order valence-corrected chi connectivity index (χ1v) is 8.17. The summed E-state index contributed by atoms with van der Waals surface area (Å²) < 4.78 is 6.91. The number of carbonyl (C=O) groups is 1. The monoisotopic (exact) mass is 338 g/mol. The lowest BCUT2D eigenvalue weighted by atomic mass is 9.94. The fourth-order valence-electron chi connectivity index (χ4n) is 2.68. The Bertz CT molecular complexity index is 875. The minimum Gasteiger partial charge on any atom is -0.354 e. The zero-order valence-corrected chi connectivity index (χ0v) is 14.9. The molecule has 2 heterocycles. The quantitative estimate of drug-likeness (QED) is 0.776. The summed E-state index contributed by atoms with van der Waals surface area (Å²) in [5, 5.41) is 11.1. The van der Waals surface area contributed by atoms with Crippen LogP contribution in [0.25, 0.3) is 11.5 Å². The van der Waals surface area contributed by atoms with Crippen molar-refractivity contribution in [2.45, 2.75) is 32.7 Å². The number of nitrogens with zero attached hydrogens (tertiary/aromatic N) is 3. The average Bonchev–Trinajstić information content (AvgIpc) is 3.17. The van der Waals surface area contributed by atoms with Crippen LogP contribution < -0.4 is 5.32 Å². The predicted octanol–water partition coefficient (Wildman–Crippen LogP) is 3.13. The number of benzene rings is 1. The third-order valence-electron chi connectivity index (χ3n) is 3.93. The molecule has 130 valence electrons. The highest BCUT2D eigenvalue weighted by atomic mass is 16.5. The number of aryl methyl sites for hydroxylation is 2. The van der Waals surface area contributed by atoms with E-state index in [0.29, 0.717) is 11.5 Å². The zero-order chi connectivity index (χ0) is 18.0. The Labute approximate surface area is 146 Å². The van der Waals surface area contributed by atoms with Gasteiger partial charge in [0.05, 0.1) is 0 Å². The maximum absolute atomic E-state index is 12.5. The van der Waals surface area contributed by atoms with Gasteiger partial charge < -0.3 is 9.84 Å². The highest BCUT2D eigenvalue weighted by Gasteiger charge is 2.24. The lowest BCUT2D eigenvalue weighted by Crippen LogP contribution is -2.45. The molecule has 6 nitrogen and oxygen atoms in total. The van der Waals surface area contributed by atoms with Crippen molar-refractivity contribution in [1.82, 2.24) is 20.3 Å². The van der Waals surface area contributed by atoms with Gasteiger partial charge in [-0.2, -0.15) is 5.10 Å². The maximum atomic E-state index is 12.5. The number of amides is 1. The van der Waals surface area contributed by atoms with Crippen LogP contribution in [0.1, 0.15) is 35.5 Å². The molecule has 0 saturated carbocycles. The van der Waals surface area contributed by atoms with Crippen molar-refractivity contribution in [1.29, 1.82) is 0 Å². The van der Waals surface area contributed by atoms with Gasteiger partial charge in [0.15, 0.2) is 11.5 Å². The molecule has 1 amide bonds. The van der Waals surface area contributed by atoms with Gasteiger partial charge in [-0.3, -0.25) is 9.48 Å². The molecule has 6 heteroatoms. The Morgan fingerprint density at radius 1 is 1.24 bits per heavy atom. The number of hydrogen-bond donors (Lipinski definition) is 1. The van der Waals surface area contributed by atoms with Crippen molar-refractivity contribution < 1.29 is 9.32 Å². The Kier molecular flexibility index (Phi) is 4.44. The molecule has 1 N–H and O–H groups in total. The van der Waals surface area contributed by atoms with Crippen LogP contribution in [0.15, 0.2) is 47.1 Å². The second-order valence-electron chi connectivity index (χ2n) is 6.95. The highest BCUT2D eigenvalue weighted by molar-refractivity contribution is 5.93. The fraction of sp³-hybridized carbons (Fsp3) is 0.316. The summed E-state index contributed by atoms with van der Waals surface area (Å²) in [5.41, 5.74) is 2.88. The molecule has 0 aliphatic rings. The molecule has 0 spiro atoms. The second-order valence-corrected chi connectivity index (χ2v) is 6.95. The van der Waals surface area contributed by atoms with Crippen LogP contribution in [0.4, 0.5) is 0 Å². The van der Waals surface area contributed by atoms with Gasteiger partial charge in [-0.25, -0.2) is 0 Å². The van der Waals surface area contributed by atoms with Gasteiger partial charge in [-0.05, 0) is 38.8 Å². The van der Waals surface area contributed by atoms with E-state index in [9.17, 15) is 4.79 Å². The van der Waals surface area contributed by atoms with Gasteiger partial charge in [0.2, 0.25) is 0 Å². The van der Waals surface area contributed by atoms with E-state index in [4.69, 9.17) is 4.52 Å². The van der Waals surface area contributed by atoms with Crippen LogP contribution in [0.3, 0.4) is 0 Å². The van der Waals surface area contributed by atoms with E-state index in [-0.39, 0.29) is 11.6 Å². The van der Waals surface area contributed by atoms with Gasteiger partial charge in [0, 0.05) is 24.8 Å². The number of rotatable bonds is 5. The van der Waals surface area contributed by atoms with E-state index < -0.39 is 5.54 Å². The number of hydrogen-bond acceptors (Lipinski definition) is 4. The van der Waals surface area contributed by atoms with Crippen molar-refractivity contribution in [3.8, 4) is 11.5 Å². The van der Waals surface area contributed by atoms with E-state index in [0.717, 1.165) is 6.42 Å². The summed E-state index contributed by atoms with van der Waals surface area (Å²) in [6, 6.07) is 11.7. The molecule has 0 aliphatic heterocycles. The van der Waals surface area contributed by atoms with Gasteiger partial charge in [0.1, 0.15) is 5.69 Å². The van der Waals surface area contributed by atoms with Crippen LogP contribution in [0, 0.1) is 6.92 Å². The lowest BCUT2D eigenvalue weighted by molar-refractivity contribution is 0.0904. The smallest absolute Gasteiger partial charge is 0.273 e. The Morgan fingerprint density at radius 3 is 2.60 bits per heavy atom. The summed E-state index contributed by atoms with van der Waals surface area (Å²) in [7, 11) is 1.82. The van der Waals surface area contributed by atoms with E-state index >= 15 is 0 Å². The average molecular weight is 338 g/mol. The number of nitrogens with one attached hydrogen (secondary N) is 1. The molecule has 0 saturated heterocycles. The second kappa shape index (κ2) is 6.55. The van der Waals surface area contributed by atoms with E-state index in [1.807, 2.05) is 33.2 Å². The van der Waals surface area contributed by atoms with Gasteiger partial charge in [-0.1, -0.05) is 35.0 Å². The summed E-state index contributed by atoms with van der Waals surface area (Å²) in [4.78, 5) is 12.5. The van der Waals surface area contributed by atoms with Crippen LogP contribution in [0.2, 0.25) is 0 Å². The summed E-state index contributed by atoms with van der Waals surface area (Å²) in [6.45, 7) is 6.04. The first kappa shape index (κ1) is 17.0. The molecule has 1 aromatic carbocycles. The van der Waals surface area contributed by atoms with Crippen LogP contribution in [-0.2, 0) is 13.5 Å². The van der Waals surface area contributed by atoms with Crippen LogP contribution >= 0.6 is 0 Å². The van der Waals surface area contributed by atoms with Gasteiger partial charge >= 0.3 is 0 Å². The molecule has 0 bridgehead atoms. The van der Waals surface area contributed by atoms with Crippen molar-refractivity contribution in [2.75, 3.05) is 0 Å². The molecule has 0 fully saturated rings. The molecular weight excluding hydrogens is 316 g/mol. The summed E-state index contributed by atoms with van der Waals surface area (Å²) in [5.74, 6) is 0.213. The molecule has 3 rings (SSSR count). The highest BCUT2D eigenvalue weighted by Crippen LogP contribution is 2.19. The standard InChI is InChI=1S/C19H22N4O2/c1-13-5-7-14(8-6-13)12-19(2,3)20-18(24)16-11-17(25-22-16)15-9-10-23(4)21-15/h5-11H,12H2,1-4H3,(H,20,24). The lowest BCUT2D eigenvalue weighted by Gasteiger charge is -2.26. The van der Waals surface area contributed by atoms with E-state index in [1.54, 1.807) is 10.7 Å². The van der Waals surface area contributed by atoms with Crippen molar-refractivity contribution in [2.24, 2.45) is 7.05 Å². The van der Waals surface area contributed by atoms with Crippen LogP contribution in [-0.4, -0.2) is 26.4 Å². The minimum absolute atomic E-state index is 0.248. The third kappa shape index (κ3) is 4.15. The Morgan fingerprint density at radius 2 is 1.96 bits per heavy atom. The normalized spacial score (nSPS) is 11.5. The predicted molar refractivity (Wildman–Crippen MR) is 95.1 cm³/mol. The first-order chi connectivity index (χ1) is 11.8. The molecule has 0 unspecified atom stereocenters. The fourth-order valence-corrected chi connectivity index (χ4v) is 2.68. The topological polar surface area (TPSA) is 73.0 Å². The Balaban J connectivity index is 1.68. The van der Waals surface area contributed by atoms with E-state index in [2.05, 4.69) is 46.8 Å². The Hall–Kier alpha value is -2.89. The van der Waals surface area contributed by atoms with Gasteiger partial charge in [0.25, 0.3) is 5.91 Å². The zero-order valence-electron chi connectivity index (χ0n) is 14.9. The largest absolute Gasteiger partial charge is 0.354 e. The summed E-state index contributed by atoms with van der Waals surface area (Å²) in [6.07, 6.45) is 2.53.